The second-order valence-electron chi connectivity index (χ2n) is 5.14. The first kappa shape index (κ1) is 16.4. The molecular formula is C13H17BrN2O4S. The Kier molecular flexibility index (Phi) is 5.34. The summed E-state index contributed by atoms with van der Waals surface area (Å²) in [6.45, 7) is 0.848. The Morgan fingerprint density at radius 2 is 2.24 bits per heavy atom. The van der Waals surface area contributed by atoms with Crippen LogP contribution in [0.25, 0.3) is 0 Å². The molecule has 1 atom stereocenters. The molecule has 1 unspecified atom stereocenters. The summed E-state index contributed by atoms with van der Waals surface area (Å²) in [5, 5.41) is 8.73. The number of carbonyl (C=O) groups is 1. The Morgan fingerprint density at radius 1 is 1.48 bits per heavy atom. The largest absolute Gasteiger partial charge is 0.481 e. The summed E-state index contributed by atoms with van der Waals surface area (Å²) in [6.07, 6.45) is 5.09. The fraction of sp³-hybridized carbons (Fsp3) is 0.538. The molecule has 1 aliphatic heterocycles. The number of aliphatic carboxylic acids is 1. The number of carboxylic acid groups (broad SMARTS) is 1. The highest BCUT2D eigenvalue weighted by Crippen LogP contribution is 2.26. The minimum atomic E-state index is -3.56. The molecule has 2 rings (SSSR count). The number of aromatic nitrogens is 1. The molecule has 6 nitrogen and oxygen atoms in total. The Morgan fingerprint density at radius 3 is 2.90 bits per heavy atom. The van der Waals surface area contributed by atoms with Gasteiger partial charge in [0.15, 0.2) is 0 Å². The van der Waals surface area contributed by atoms with Crippen molar-refractivity contribution in [2.75, 3.05) is 13.1 Å². The maximum Gasteiger partial charge on any atom is 0.303 e. The quantitative estimate of drug-likeness (QED) is 0.849. The van der Waals surface area contributed by atoms with Crippen molar-refractivity contribution in [2.24, 2.45) is 5.92 Å². The lowest BCUT2D eigenvalue weighted by atomic mass is 9.95. The van der Waals surface area contributed by atoms with Crippen LogP contribution in [0.5, 0.6) is 0 Å². The monoisotopic (exact) mass is 376 g/mol. The molecule has 0 aliphatic carbocycles. The van der Waals surface area contributed by atoms with Crippen molar-refractivity contribution in [2.45, 2.75) is 30.6 Å². The molecule has 1 aliphatic rings. The molecule has 1 saturated heterocycles. The zero-order valence-electron chi connectivity index (χ0n) is 11.4. The topological polar surface area (TPSA) is 87.6 Å². The number of pyridine rings is 1. The first-order valence-corrected chi connectivity index (χ1v) is 8.95. The van der Waals surface area contributed by atoms with E-state index < -0.39 is 16.0 Å². The van der Waals surface area contributed by atoms with E-state index in [-0.39, 0.29) is 17.2 Å². The summed E-state index contributed by atoms with van der Waals surface area (Å²) in [4.78, 5) is 14.7. The van der Waals surface area contributed by atoms with Gasteiger partial charge in [0, 0.05) is 36.4 Å². The fourth-order valence-electron chi connectivity index (χ4n) is 2.49. The van der Waals surface area contributed by atoms with Crippen molar-refractivity contribution in [1.82, 2.24) is 9.29 Å². The lowest BCUT2D eigenvalue weighted by Crippen LogP contribution is -2.40. The molecule has 8 heteroatoms. The molecule has 0 aromatic carbocycles. The molecular weight excluding hydrogens is 360 g/mol. The molecule has 0 amide bonds. The summed E-state index contributed by atoms with van der Waals surface area (Å²) in [5.74, 6) is -0.740. The van der Waals surface area contributed by atoms with Crippen LogP contribution in [0.4, 0.5) is 0 Å². The van der Waals surface area contributed by atoms with Crippen molar-refractivity contribution in [3.8, 4) is 0 Å². The van der Waals surface area contributed by atoms with E-state index in [1.807, 2.05) is 0 Å². The Labute approximate surface area is 132 Å². The summed E-state index contributed by atoms with van der Waals surface area (Å²) < 4.78 is 27.2. The Hall–Kier alpha value is -0.990. The number of nitrogens with zero attached hydrogens (tertiary/aromatic N) is 2. The van der Waals surface area contributed by atoms with Gasteiger partial charge in [0.05, 0.1) is 0 Å². The predicted molar refractivity (Wildman–Crippen MR) is 80.3 cm³/mol. The zero-order chi connectivity index (χ0) is 15.5. The number of hydrogen-bond acceptors (Lipinski definition) is 4. The van der Waals surface area contributed by atoms with Crippen molar-refractivity contribution in [3.05, 3.63) is 22.9 Å². The third kappa shape index (κ3) is 4.24. The first-order valence-electron chi connectivity index (χ1n) is 6.72. The van der Waals surface area contributed by atoms with Gasteiger partial charge < -0.3 is 5.11 Å². The Balaban J connectivity index is 2.11. The van der Waals surface area contributed by atoms with E-state index in [1.165, 1.54) is 22.8 Å². The van der Waals surface area contributed by atoms with Gasteiger partial charge in [-0.3, -0.25) is 9.78 Å². The number of rotatable bonds is 5. The van der Waals surface area contributed by atoms with Crippen molar-refractivity contribution >= 4 is 31.9 Å². The highest BCUT2D eigenvalue weighted by molar-refractivity contribution is 9.10. The van der Waals surface area contributed by atoms with E-state index >= 15 is 0 Å². The molecule has 1 aromatic heterocycles. The van der Waals surface area contributed by atoms with Gasteiger partial charge in [0.1, 0.15) is 4.90 Å². The number of sulfonamides is 1. The minimum absolute atomic E-state index is 0.0804. The van der Waals surface area contributed by atoms with E-state index in [0.29, 0.717) is 24.0 Å². The van der Waals surface area contributed by atoms with Gasteiger partial charge in [-0.1, -0.05) is 0 Å². The van der Waals surface area contributed by atoms with Crippen LogP contribution in [0, 0.1) is 5.92 Å². The van der Waals surface area contributed by atoms with Gasteiger partial charge in [-0.15, -0.1) is 0 Å². The van der Waals surface area contributed by atoms with Crippen LogP contribution in [0.15, 0.2) is 27.8 Å². The van der Waals surface area contributed by atoms with E-state index in [4.69, 9.17) is 5.11 Å². The van der Waals surface area contributed by atoms with Crippen LogP contribution in [-0.2, 0) is 14.8 Å². The molecule has 0 bridgehead atoms. The van der Waals surface area contributed by atoms with Crippen LogP contribution >= 0.6 is 15.9 Å². The molecule has 0 radical (unpaired) electrons. The van der Waals surface area contributed by atoms with E-state index in [2.05, 4.69) is 20.9 Å². The standard InChI is InChI=1S/C13H17BrN2O4S/c14-11-6-12(8-15-7-11)21(19,20)16-5-1-2-10(9-16)3-4-13(17)18/h6-8,10H,1-5,9H2,(H,17,18). The average Bonchev–Trinajstić information content (AvgIpc) is 2.45. The van der Waals surface area contributed by atoms with Crippen LogP contribution in [0.2, 0.25) is 0 Å². The third-order valence-corrected chi connectivity index (χ3v) is 5.83. The number of carboxylic acids is 1. The molecule has 1 N–H and O–H groups in total. The maximum atomic E-state index is 12.6. The molecule has 1 aromatic rings. The van der Waals surface area contributed by atoms with E-state index in [1.54, 1.807) is 0 Å². The Bertz CT molecular complexity index is 620. The van der Waals surface area contributed by atoms with Gasteiger partial charge in [-0.25, -0.2) is 8.42 Å². The number of hydrogen-bond donors (Lipinski definition) is 1. The van der Waals surface area contributed by atoms with Crippen LogP contribution in [0.1, 0.15) is 25.7 Å². The van der Waals surface area contributed by atoms with Crippen molar-refractivity contribution < 1.29 is 18.3 Å². The second-order valence-corrected chi connectivity index (χ2v) is 8.00. The molecule has 21 heavy (non-hydrogen) atoms. The number of halogens is 1. The summed E-state index contributed by atoms with van der Waals surface area (Å²) in [6, 6.07) is 1.53. The normalized spacial score (nSPS) is 20.3. The SMILES string of the molecule is O=C(O)CCC1CCCN(S(=O)(=O)c2cncc(Br)c2)C1. The maximum absolute atomic E-state index is 12.6. The average molecular weight is 377 g/mol. The van der Waals surface area contributed by atoms with E-state index in [0.717, 1.165) is 12.8 Å². The molecule has 116 valence electrons. The van der Waals surface area contributed by atoms with Crippen molar-refractivity contribution in [1.29, 1.82) is 0 Å². The molecule has 0 spiro atoms. The van der Waals surface area contributed by atoms with Crippen LogP contribution < -0.4 is 0 Å². The summed E-state index contributed by atoms with van der Waals surface area (Å²) in [5.41, 5.74) is 0. The van der Waals surface area contributed by atoms with E-state index in [9.17, 15) is 13.2 Å². The summed E-state index contributed by atoms with van der Waals surface area (Å²) in [7, 11) is -3.56. The highest BCUT2D eigenvalue weighted by atomic mass is 79.9. The zero-order valence-corrected chi connectivity index (χ0v) is 13.8. The fourth-order valence-corrected chi connectivity index (χ4v) is 4.55. The molecule has 2 heterocycles. The lowest BCUT2D eigenvalue weighted by molar-refractivity contribution is -0.137. The van der Waals surface area contributed by atoms with Gasteiger partial charge >= 0.3 is 5.97 Å². The molecule has 0 saturated carbocycles. The second kappa shape index (κ2) is 6.85. The van der Waals surface area contributed by atoms with Crippen LogP contribution in [0.3, 0.4) is 0 Å². The number of piperidine rings is 1. The van der Waals surface area contributed by atoms with Gasteiger partial charge in [0.25, 0.3) is 0 Å². The lowest BCUT2D eigenvalue weighted by Gasteiger charge is -2.31. The highest BCUT2D eigenvalue weighted by Gasteiger charge is 2.30. The van der Waals surface area contributed by atoms with Gasteiger partial charge in [-0.2, -0.15) is 4.31 Å². The smallest absolute Gasteiger partial charge is 0.303 e. The first-order chi connectivity index (χ1) is 9.89. The van der Waals surface area contributed by atoms with Gasteiger partial charge in [-0.05, 0) is 47.2 Å². The third-order valence-electron chi connectivity index (χ3n) is 3.57. The van der Waals surface area contributed by atoms with Crippen molar-refractivity contribution in [3.63, 3.8) is 0 Å². The summed E-state index contributed by atoms with van der Waals surface area (Å²) >= 11 is 3.22. The van der Waals surface area contributed by atoms with Crippen LogP contribution in [-0.4, -0.2) is 41.9 Å². The van der Waals surface area contributed by atoms with Gasteiger partial charge in [0.2, 0.25) is 10.0 Å². The predicted octanol–water partition coefficient (Wildman–Crippen LogP) is 2.11. The molecule has 1 fully saturated rings. The minimum Gasteiger partial charge on any atom is -0.481 e.